The van der Waals surface area contributed by atoms with E-state index in [4.69, 9.17) is 0 Å². The molecule has 3 heteroatoms. The highest BCUT2D eigenvalue weighted by Gasteiger charge is 2.19. The van der Waals surface area contributed by atoms with Gasteiger partial charge in [0.15, 0.2) is 0 Å². The number of hydrogen-bond donors (Lipinski definition) is 2. The predicted molar refractivity (Wildman–Crippen MR) is 80.9 cm³/mol. The van der Waals surface area contributed by atoms with Crippen LogP contribution in [0.2, 0.25) is 0 Å². The molecule has 1 atom stereocenters. The first-order valence-electron chi connectivity index (χ1n) is 7.76. The van der Waals surface area contributed by atoms with E-state index in [1.54, 1.807) is 0 Å². The molecule has 3 nitrogen and oxygen atoms in total. The summed E-state index contributed by atoms with van der Waals surface area (Å²) in [6.07, 6.45) is 8.00. The van der Waals surface area contributed by atoms with Crippen LogP contribution >= 0.6 is 0 Å². The van der Waals surface area contributed by atoms with Crippen molar-refractivity contribution >= 4 is 5.97 Å². The fraction of sp³-hybridized carbons (Fsp3) is 0.588. The molecule has 0 spiro atoms. The molecule has 2 rings (SSSR count). The Labute approximate surface area is 121 Å². The molecule has 1 unspecified atom stereocenters. The van der Waals surface area contributed by atoms with Crippen molar-refractivity contribution in [1.82, 2.24) is 5.32 Å². The average molecular weight is 275 g/mol. The van der Waals surface area contributed by atoms with Crippen molar-refractivity contribution in [2.24, 2.45) is 5.92 Å². The molecule has 1 aromatic carbocycles. The number of carboxylic acids is 1. The highest BCUT2D eigenvalue weighted by molar-refractivity contribution is 5.76. The van der Waals surface area contributed by atoms with Gasteiger partial charge in [-0.2, -0.15) is 0 Å². The smallest absolute Gasteiger partial charge is 0.312 e. The summed E-state index contributed by atoms with van der Waals surface area (Å²) >= 11 is 0. The lowest BCUT2D eigenvalue weighted by atomic mass is 9.87. The molecule has 0 aliphatic heterocycles. The van der Waals surface area contributed by atoms with Crippen LogP contribution in [0.15, 0.2) is 30.3 Å². The van der Waals surface area contributed by atoms with E-state index in [2.05, 4.69) is 5.32 Å². The summed E-state index contributed by atoms with van der Waals surface area (Å²) < 4.78 is 0. The van der Waals surface area contributed by atoms with Crippen LogP contribution in [0.5, 0.6) is 0 Å². The SMILES string of the molecule is O=C(O)C(CNCCC1CCCCC1)c1ccccc1. The number of rotatable bonds is 7. The van der Waals surface area contributed by atoms with Gasteiger partial charge in [-0.15, -0.1) is 0 Å². The van der Waals surface area contributed by atoms with E-state index in [-0.39, 0.29) is 0 Å². The Kier molecular flexibility index (Phi) is 6.06. The van der Waals surface area contributed by atoms with Crippen molar-refractivity contribution < 1.29 is 9.90 Å². The molecule has 0 bridgehead atoms. The number of carbonyl (C=O) groups is 1. The lowest BCUT2D eigenvalue weighted by Crippen LogP contribution is -2.28. The van der Waals surface area contributed by atoms with Gasteiger partial charge in [0, 0.05) is 6.54 Å². The Morgan fingerprint density at radius 2 is 1.90 bits per heavy atom. The molecule has 110 valence electrons. The van der Waals surface area contributed by atoms with Gasteiger partial charge >= 0.3 is 5.97 Å². The van der Waals surface area contributed by atoms with Gasteiger partial charge in [0.05, 0.1) is 5.92 Å². The van der Waals surface area contributed by atoms with Gasteiger partial charge in [0.25, 0.3) is 0 Å². The fourth-order valence-corrected chi connectivity index (χ4v) is 3.06. The summed E-state index contributed by atoms with van der Waals surface area (Å²) in [5.41, 5.74) is 0.880. The number of carboxylic acid groups (broad SMARTS) is 1. The summed E-state index contributed by atoms with van der Waals surface area (Å²) in [4.78, 5) is 11.4. The number of hydrogen-bond acceptors (Lipinski definition) is 2. The molecule has 20 heavy (non-hydrogen) atoms. The molecule has 0 saturated heterocycles. The minimum atomic E-state index is -0.749. The first-order valence-corrected chi connectivity index (χ1v) is 7.76. The van der Waals surface area contributed by atoms with Crippen molar-refractivity contribution in [2.45, 2.75) is 44.4 Å². The van der Waals surface area contributed by atoms with E-state index < -0.39 is 11.9 Å². The van der Waals surface area contributed by atoms with Gasteiger partial charge < -0.3 is 10.4 Å². The molecule has 2 N–H and O–H groups in total. The van der Waals surface area contributed by atoms with Crippen LogP contribution in [-0.2, 0) is 4.79 Å². The molecule has 1 aliphatic rings. The van der Waals surface area contributed by atoms with Gasteiger partial charge in [-0.1, -0.05) is 62.4 Å². The molecule has 0 aromatic heterocycles. The van der Waals surface area contributed by atoms with Gasteiger partial charge in [0.1, 0.15) is 0 Å². The van der Waals surface area contributed by atoms with E-state index in [9.17, 15) is 9.90 Å². The van der Waals surface area contributed by atoms with Crippen molar-refractivity contribution in [3.05, 3.63) is 35.9 Å². The Balaban J connectivity index is 1.74. The van der Waals surface area contributed by atoms with E-state index in [0.29, 0.717) is 6.54 Å². The zero-order valence-corrected chi connectivity index (χ0v) is 12.1. The standard InChI is InChI=1S/C17H25NO2/c19-17(20)16(15-9-5-2-6-10-15)13-18-12-11-14-7-3-1-4-8-14/h2,5-6,9-10,14,16,18H,1,3-4,7-8,11-13H2,(H,19,20). The Morgan fingerprint density at radius 1 is 1.20 bits per heavy atom. The molecular formula is C17H25NO2. The maximum Gasteiger partial charge on any atom is 0.312 e. The molecule has 1 saturated carbocycles. The van der Waals surface area contributed by atoms with Crippen molar-refractivity contribution in [3.8, 4) is 0 Å². The quantitative estimate of drug-likeness (QED) is 0.750. The molecule has 0 radical (unpaired) electrons. The van der Waals surface area contributed by atoms with Gasteiger partial charge in [-0.3, -0.25) is 4.79 Å². The van der Waals surface area contributed by atoms with Crippen LogP contribution in [0.25, 0.3) is 0 Å². The monoisotopic (exact) mass is 275 g/mol. The maximum absolute atomic E-state index is 11.4. The highest BCUT2D eigenvalue weighted by Crippen LogP contribution is 2.25. The summed E-state index contributed by atoms with van der Waals surface area (Å²) in [7, 11) is 0. The first-order chi connectivity index (χ1) is 9.77. The zero-order valence-electron chi connectivity index (χ0n) is 12.1. The van der Waals surface area contributed by atoms with Crippen LogP contribution in [0.4, 0.5) is 0 Å². The average Bonchev–Trinajstić information content (AvgIpc) is 2.49. The number of benzene rings is 1. The fourth-order valence-electron chi connectivity index (χ4n) is 3.06. The summed E-state index contributed by atoms with van der Waals surface area (Å²) in [5.74, 6) is -0.347. The molecule has 0 heterocycles. The van der Waals surface area contributed by atoms with Gasteiger partial charge in [-0.05, 0) is 24.4 Å². The first kappa shape index (κ1) is 15.0. The Bertz CT molecular complexity index is 399. The Hall–Kier alpha value is -1.35. The third kappa shape index (κ3) is 4.64. The molecule has 1 fully saturated rings. The van der Waals surface area contributed by atoms with E-state index in [1.807, 2.05) is 30.3 Å². The lowest BCUT2D eigenvalue weighted by Gasteiger charge is -2.22. The maximum atomic E-state index is 11.4. The highest BCUT2D eigenvalue weighted by atomic mass is 16.4. The van der Waals surface area contributed by atoms with Gasteiger partial charge in [-0.25, -0.2) is 0 Å². The molecule has 0 amide bonds. The van der Waals surface area contributed by atoms with Gasteiger partial charge in [0.2, 0.25) is 0 Å². The van der Waals surface area contributed by atoms with Crippen LogP contribution in [-0.4, -0.2) is 24.2 Å². The van der Waals surface area contributed by atoms with Crippen molar-refractivity contribution in [1.29, 1.82) is 0 Å². The summed E-state index contributed by atoms with van der Waals surface area (Å²) in [5, 5.41) is 12.7. The molecule has 1 aromatic rings. The van der Waals surface area contributed by atoms with Crippen LogP contribution in [0.3, 0.4) is 0 Å². The van der Waals surface area contributed by atoms with E-state index in [1.165, 1.54) is 38.5 Å². The van der Waals surface area contributed by atoms with Crippen LogP contribution < -0.4 is 5.32 Å². The summed E-state index contributed by atoms with van der Waals surface area (Å²) in [6, 6.07) is 9.49. The second-order valence-electron chi connectivity index (χ2n) is 5.80. The third-order valence-electron chi connectivity index (χ3n) is 4.30. The minimum Gasteiger partial charge on any atom is -0.481 e. The van der Waals surface area contributed by atoms with Crippen molar-refractivity contribution in [3.63, 3.8) is 0 Å². The number of nitrogens with one attached hydrogen (secondary N) is 1. The summed E-state index contributed by atoms with van der Waals surface area (Å²) in [6.45, 7) is 1.45. The molecular weight excluding hydrogens is 250 g/mol. The largest absolute Gasteiger partial charge is 0.481 e. The number of aliphatic carboxylic acids is 1. The van der Waals surface area contributed by atoms with E-state index in [0.717, 1.165) is 18.0 Å². The van der Waals surface area contributed by atoms with Crippen LogP contribution in [0, 0.1) is 5.92 Å². The zero-order chi connectivity index (χ0) is 14.2. The topological polar surface area (TPSA) is 49.3 Å². The minimum absolute atomic E-state index is 0.442. The van der Waals surface area contributed by atoms with Crippen LogP contribution in [0.1, 0.15) is 50.0 Å². The second kappa shape index (κ2) is 8.05. The third-order valence-corrected chi connectivity index (χ3v) is 4.30. The predicted octanol–water partition coefficient (Wildman–Crippen LogP) is 3.41. The molecule has 1 aliphatic carbocycles. The Morgan fingerprint density at radius 3 is 2.55 bits per heavy atom. The second-order valence-corrected chi connectivity index (χ2v) is 5.80. The normalized spacial score (nSPS) is 17.8. The van der Waals surface area contributed by atoms with Crippen molar-refractivity contribution in [2.75, 3.05) is 13.1 Å². The lowest BCUT2D eigenvalue weighted by molar-refractivity contribution is -0.138. The van der Waals surface area contributed by atoms with E-state index >= 15 is 0 Å².